The summed E-state index contributed by atoms with van der Waals surface area (Å²) in [6.07, 6.45) is 96.4. The molecule has 2 atom stereocenters. The van der Waals surface area contributed by atoms with Gasteiger partial charge in [0.25, 0.3) is 6.29 Å². The van der Waals surface area contributed by atoms with Crippen molar-refractivity contribution in [3.8, 4) is 0 Å². The number of hydrogen-bond acceptors (Lipinski definition) is 7. The second kappa shape index (κ2) is 66.9. The number of carbonyl (C=O) groups is 3. The van der Waals surface area contributed by atoms with E-state index in [0.29, 0.717) is 17.4 Å². The molecule has 0 aromatic rings. The van der Waals surface area contributed by atoms with Crippen LogP contribution in [0.25, 0.3) is 0 Å². The van der Waals surface area contributed by atoms with Crippen molar-refractivity contribution in [2.24, 2.45) is 0 Å². The molecule has 0 saturated carbocycles. The van der Waals surface area contributed by atoms with Gasteiger partial charge in [-0.1, -0.05) is 281 Å². The van der Waals surface area contributed by atoms with E-state index >= 15 is 0 Å². The van der Waals surface area contributed by atoms with Crippen LogP contribution in [0.4, 0.5) is 0 Å². The molecule has 1 N–H and O–H groups in total. The van der Waals surface area contributed by atoms with Gasteiger partial charge in [0.15, 0.2) is 6.10 Å². The van der Waals surface area contributed by atoms with Gasteiger partial charge in [-0.05, 0) is 122 Å². The predicted octanol–water partition coefficient (Wildman–Crippen LogP) is 21.7. The van der Waals surface area contributed by atoms with Gasteiger partial charge >= 0.3 is 17.9 Å². The Balaban J connectivity index is 4.16. The zero-order valence-corrected chi connectivity index (χ0v) is 56.1. The van der Waals surface area contributed by atoms with Crippen molar-refractivity contribution in [1.29, 1.82) is 0 Å². The third-order valence-corrected chi connectivity index (χ3v) is 14.3. The van der Waals surface area contributed by atoms with Crippen LogP contribution in [0.2, 0.25) is 0 Å². The lowest BCUT2D eigenvalue weighted by Gasteiger charge is -2.25. The van der Waals surface area contributed by atoms with Crippen LogP contribution in [-0.4, -0.2) is 87.4 Å². The van der Waals surface area contributed by atoms with Crippen LogP contribution < -0.4 is 0 Å². The lowest BCUT2D eigenvalue weighted by Crippen LogP contribution is -2.40. The van der Waals surface area contributed by atoms with Crippen molar-refractivity contribution < 1.29 is 42.9 Å². The van der Waals surface area contributed by atoms with Crippen LogP contribution in [0.1, 0.15) is 258 Å². The Labute approximate surface area is 534 Å². The summed E-state index contributed by atoms with van der Waals surface area (Å²) in [5, 5.41) is 9.74. The summed E-state index contributed by atoms with van der Waals surface area (Å²) in [6, 6.07) is 0. The first-order chi connectivity index (χ1) is 42.6. The highest BCUT2D eigenvalue weighted by molar-refractivity contribution is 5.71. The normalized spacial score (nSPS) is 13.7. The minimum Gasteiger partial charge on any atom is -0.477 e. The van der Waals surface area contributed by atoms with Gasteiger partial charge in [-0.25, -0.2) is 4.79 Å². The first-order valence-electron chi connectivity index (χ1n) is 34.6. The molecule has 0 heterocycles. The Hall–Kier alpha value is -5.09. The van der Waals surface area contributed by atoms with Crippen LogP contribution in [0.15, 0.2) is 158 Å². The Morgan fingerprint density at radius 2 is 0.621 bits per heavy atom. The fourth-order valence-electron chi connectivity index (χ4n) is 9.06. The number of carboxylic acids is 1. The van der Waals surface area contributed by atoms with Gasteiger partial charge in [0.05, 0.1) is 34.4 Å². The molecular weight excluding hydrogens is 1080 g/mol. The van der Waals surface area contributed by atoms with Gasteiger partial charge in [0.2, 0.25) is 0 Å². The third-order valence-electron chi connectivity index (χ3n) is 14.3. The summed E-state index contributed by atoms with van der Waals surface area (Å²) in [6.45, 7) is 4.60. The molecule has 0 aliphatic rings. The average molecular weight is 1210 g/mol. The maximum atomic E-state index is 12.9. The van der Waals surface area contributed by atoms with Crippen molar-refractivity contribution in [3.63, 3.8) is 0 Å². The van der Waals surface area contributed by atoms with Crippen molar-refractivity contribution >= 4 is 17.9 Å². The molecule has 492 valence electrons. The van der Waals surface area contributed by atoms with E-state index in [2.05, 4.69) is 172 Å². The summed E-state index contributed by atoms with van der Waals surface area (Å²) in [4.78, 5) is 37.6. The van der Waals surface area contributed by atoms with Gasteiger partial charge in [-0.2, -0.15) is 0 Å². The van der Waals surface area contributed by atoms with Gasteiger partial charge in [-0.3, -0.25) is 9.59 Å². The second-order valence-electron chi connectivity index (χ2n) is 23.7. The number of allylic oxidation sites excluding steroid dienone is 26. The molecule has 2 unspecified atom stereocenters. The third kappa shape index (κ3) is 68.3. The molecule has 0 spiro atoms. The van der Waals surface area contributed by atoms with Crippen LogP contribution in [0.3, 0.4) is 0 Å². The zero-order valence-electron chi connectivity index (χ0n) is 56.1. The fourth-order valence-corrected chi connectivity index (χ4v) is 9.06. The summed E-state index contributed by atoms with van der Waals surface area (Å²) in [7, 11) is 5.95. The number of unbranched alkanes of at least 4 members (excludes halogenated alkanes) is 21. The maximum Gasteiger partial charge on any atom is 0.361 e. The Bertz CT molecular complexity index is 1990. The SMILES string of the molecule is CC/C=C\C/C=C\C/C=C\C/C=C\C/C=C\C/C=C\C/C=C\CCCCCC(=O)OC(COC(=O)CCCCCCCCCCCCCCCCCCCC/C=C\C/C=C\C/C=C\C/C=C\C/C=C\C/C=C\CC)COC(OCC[N+](C)(C)C)C(=O)O. The highest BCUT2D eigenvalue weighted by Gasteiger charge is 2.25. The van der Waals surface area contributed by atoms with Gasteiger partial charge < -0.3 is 28.5 Å². The first-order valence-corrected chi connectivity index (χ1v) is 34.6. The first kappa shape index (κ1) is 81.9. The van der Waals surface area contributed by atoms with Crippen LogP contribution >= 0.6 is 0 Å². The van der Waals surface area contributed by atoms with Gasteiger partial charge in [0, 0.05) is 12.8 Å². The molecular formula is C78H128NO8+. The van der Waals surface area contributed by atoms with Crippen molar-refractivity contribution in [2.45, 2.75) is 270 Å². The zero-order chi connectivity index (χ0) is 63.3. The average Bonchev–Trinajstić information content (AvgIpc) is 3.59. The molecule has 87 heavy (non-hydrogen) atoms. The highest BCUT2D eigenvalue weighted by atomic mass is 16.7. The van der Waals surface area contributed by atoms with Gasteiger partial charge in [-0.15, -0.1) is 0 Å². The van der Waals surface area contributed by atoms with E-state index in [4.69, 9.17) is 18.9 Å². The number of esters is 2. The van der Waals surface area contributed by atoms with E-state index in [0.717, 1.165) is 122 Å². The quantitative estimate of drug-likeness (QED) is 0.0211. The molecule has 0 fully saturated rings. The van der Waals surface area contributed by atoms with E-state index in [1.54, 1.807) is 0 Å². The maximum absolute atomic E-state index is 12.9. The molecule has 0 radical (unpaired) electrons. The number of quaternary nitrogens is 1. The summed E-state index contributed by atoms with van der Waals surface area (Å²) < 4.78 is 22.9. The fraction of sp³-hybridized carbons (Fsp3) is 0.628. The van der Waals surface area contributed by atoms with Crippen LogP contribution in [0.5, 0.6) is 0 Å². The minimum absolute atomic E-state index is 0.174. The predicted molar refractivity (Wildman–Crippen MR) is 373 cm³/mol. The van der Waals surface area contributed by atoms with E-state index in [9.17, 15) is 19.5 Å². The smallest absolute Gasteiger partial charge is 0.361 e. The van der Waals surface area contributed by atoms with E-state index in [-0.39, 0.29) is 38.6 Å². The lowest BCUT2D eigenvalue weighted by molar-refractivity contribution is -0.870. The number of hydrogen-bond donors (Lipinski definition) is 1. The summed E-state index contributed by atoms with van der Waals surface area (Å²) in [5.41, 5.74) is 0. The number of likely N-dealkylation sites (N-methyl/N-ethyl adjacent to an activating group) is 1. The molecule has 0 aromatic heterocycles. The molecule has 0 aliphatic carbocycles. The molecule has 0 aliphatic heterocycles. The monoisotopic (exact) mass is 1210 g/mol. The van der Waals surface area contributed by atoms with Gasteiger partial charge in [0.1, 0.15) is 13.2 Å². The van der Waals surface area contributed by atoms with Crippen molar-refractivity contribution in [2.75, 3.05) is 47.5 Å². The standard InChI is InChI=1S/C78H127NO8/c1-6-8-10-12-14-16-18-20-22-24-26-28-30-32-33-34-35-36-37-38-39-40-41-42-43-45-46-48-50-52-54-56-58-60-62-64-66-68-75(80)85-72-74(73-86-78(77(82)83)84-71-70-79(3,4)5)87-76(81)69-67-65-63-61-59-57-55-53-51-49-47-44-31-29-27-25-23-21-19-17-15-13-11-9-7-2/h8-11,14-17,20-23,26-29,32-33,35-36,44,47,51,53,57,59,74,78H,6-7,12-13,18-19,24-25,30-31,34,37-43,45-46,48-50,52,54-56,58,60-73H2,1-5H3/p+1/b10-8-,11-9-,16-14-,17-15-,22-20-,23-21-,28-26-,29-27-,33-32-,36-35-,47-44-,53-51-,59-57-. The molecule has 0 saturated heterocycles. The Morgan fingerprint density at radius 3 is 0.931 bits per heavy atom. The van der Waals surface area contributed by atoms with Crippen LogP contribution in [-0.2, 0) is 33.3 Å². The number of carbonyl (C=O) groups excluding carboxylic acids is 2. The summed E-state index contributed by atoms with van der Waals surface area (Å²) in [5.74, 6) is -2.06. The van der Waals surface area contributed by atoms with Crippen LogP contribution in [0, 0.1) is 0 Å². The van der Waals surface area contributed by atoms with Crippen molar-refractivity contribution in [3.05, 3.63) is 158 Å². The lowest BCUT2D eigenvalue weighted by atomic mass is 10.0. The highest BCUT2D eigenvalue weighted by Crippen LogP contribution is 2.16. The Morgan fingerprint density at radius 1 is 0.345 bits per heavy atom. The molecule has 0 bridgehead atoms. The minimum atomic E-state index is -1.53. The topological polar surface area (TPSA) is 108 Å². The molecule has 0 amide bonds. The summed E-state index contributed by atoms with van der Waals surface area (Å²) >= 11 is 0. The number of carboxylic acid groups (broad SMARTS) is 1. The number of aliphatic carboxylic acids is 1. The number of ether oxygens (including phenoxy) is 4. The van der Waals surface area contributed by atoms with Crippen molar-refractivity contribution in [1.82, 2.24) is 0 Å². The second-order valence-corrected chi connectivity index (χ2v) is 23.7. The Kier molecular flexibility index (Phi) is 62.9. The van der Waals surface area contributed by atoms with E-state index < -0.39 is 24.3 Å². The van der Waals surface area contributed by atoms with E-state index in [1.165, 1.54) is 103 Å². The largest absolute Gasteiger partial charge is 0.477 e. The number of nitrogens with zero attached hydrogens (tertiary/aromatic N) is 1. The number of rotatable bonds is 62. The molecule has 0 rings (SSSR count). The van der Waals surface area contributed by atoms with E-state index in [1.807, 2.05) is 21.1 Å². The molecule has 9 heteroatoms. The molecule has 0 aromatic carbocycles. The molecule has 9 nitrogen and oxygen atoms in total.